The van der Waals surface area contributed by atoms with Crippen molar-refractivity contribution in [1.29, 1.82) is 0 Å². The van der Waals surface area contributed by atoms with Gasteiger partial charge in [0.1, 0.15) is 0 Å². The summed E-state index contributed by atoms with van der Waals surface area (Å²) in [5, 5.41) is 0. The molecule has 3 nitrogen and oxygen atoms in total. The van der Waals surface area contributed by atoms with Crippen LogP contribution in [0.4, 0.5) is 5.69 Å². The molecule has 94 valence electrons. The fraction of sp³-hybridized carbons (Fsp3) is 0.0625. The van der Waals surface area contributed by atoms with Gasteiger partial charge in [-0.25, -0.2) is 4.98 Å². The lowest BCUT2D eigenvalue weighted by atomic mass is 10.1. The molecule has 0 bridgehead atoms. The fourth-order valence-electron chi connectivity index (χ4n) is 1.93. The molecule has 2 aromatic carbocycles. The summed E-state index contributed by atoms with van der Waals surface area (Å²) in [5.74, 6) is 1.35. The molecule has 2 N–H and O–H groups in total. The summed E-state index contributed by atoms with van der Waals surface area (Å²) < 4.78 is 5.78. The highest BCUT2D eigenvalue weighted by Crippen LogP contribution is 2.27. The molecule has 3 heteroatoms. The Hall–Kier alpha value is -2.55. The summed E-state index contributed by atoms with van der Waals surface area (Å²) in [6.45, 7) is 2.05. The van der Waals surface area contributed by atoms with Crippen molar-refractivity contribution in [3.05, 3.63) is 60.3 Å². The van der Waals surface area contributed by atoms with Crippen molar-refractivity contribution in [2.24, 2.45) is 0 Å². The third-order valence-electron chi connectivity index (χ3n) is 2.98. The number of nitrogens with two attached hydrogens (primary N) is 1. The molecule has 0 aliphatic carbocycles. The molecular weight excluding hydrogens is 236 g/mol. The second kappa shape index (κ2) is 4.61. The number of hydrogen-bond acceptors (Lipinski definition) is 3. The van der Waals surface area contributed by atoms with E-state index >= 15 is 0 Å². The third-order valence-corrected chi connectivity index (χ3v) is 2.98. The SMILES string of the molecule is Cc1ccc(-c2ncc(-c3cccc(N)c3)o2)cc1. The van der Waals surface area contributed by atoms with Crippen molar-refractivity contribution in [2.45, 2.75) is 6.92 Å². The zero-order valence-corrected chi connectivity index (χ0v) is 10.6. The lowest BCUT2D eigenvalue weighted by molar-refractivity contribution is 0.589. The summed E-state index contributed by atoms with van der Waals surface area (Å²) in [7, 11) is 0. The number of hydrogen-bond donors (Lipinski definition) is 1. The highest BCUT2D eigenvalue weighted by Gasteiger charge is 2.08. The molecule has 0 aliphatic rings. The van der Waals surface area contributed by atoms with Gasteiger partial charge in [0.25, 0.3) is 0 Å². The Morgan fingerprint density at radius 1 is 1.00 bits per heavy atom. The van der Waals surface area contributed by atoms with Gasteiger partial charge in [-0.2, -0.15) is 0 Å². The zero-order valence-electron chi connectivity index (χ0n) is 10.6. The molecule has 0 amide bonds. The lowest BCUT2D eigenvalue weighted by Gasteiger charge is -1.98. The number of nitrogen functional groups attached to an aromatic ring is 1. The second-order valence-corrected chi connectivity index (χ2v) is 4.52. The first-order valence-corrected chi connectivity index (χ1v) is 6.11. The Labute approximate surface area is 111 Å². The van der Waals surface area contributed by atoms with E-state index in [0.29, 0.717) is 11.6 Å². The maximum Gasteiger partial charge on any atom is 0.226 e. The largest absolute Gasteiger partial charge is 0.436 e. The number of anilines is 1. The second-order valence-electron chi connectivity index (χ2n) is 4.52. The first-order chi connectivity index (χ1) is 9.22. The molecule has 3 rings (SSSR count). The van der Waals surface area contributed by atoms with Gasteiger partial charge in [0.2, 0.25) is 5.89 Å². The summed E-state index contributed by atoms with van der Waals surface area (Å²) in [4.78, 5) is 4.31. The maximum absolute atomic E-state index is 5.78. The monoisotopic (exact) mass is 250 g/mol. The maximum atomic E-state index is 5.78. The quantitative estimate of drug-likeness (QED) is 0.702. The Kier molecular flexibility index (Phi) is 2.80. The molecule has 0 saturated carbocycles. The van der Waals surface area contributed by atoms with E-state index < -0.39 is 0 Å². The van der Waals surface area contributed by atoms with Gasteiger partial charge in [-0.3, -0.25) is 0 Å². The molecule has 0 fully saturated rings. The van der Waals surface area contributed by atoms with E-state index in [4.69, 9.17) is 10.2 Å². The number of benzene rings is 2. The minimum Gasteiger partial charge on any atom is -0.436 e. The standard InChI is InChI=1S/C16H14N2O/c1-11-5-7-12(8-6-11)16-18-10-15(19-16)13-3-2-4-14(17)9-13/h2-10H,17H2,1H3. The fourth-order valence-corrected chi connectivity index (χ4v) is 1.93. The van der Waals surface area contributed by atoms with Crippen molar-refractivity contribution >= 4 is 5.69 Å². The van der Waals surface area contributed by atoms with E-state index in [9.17, 15) is 0 Å². The minimum atomic E-state index is 0.623. The van der Waals surface area contributed by atoms with Crippen LogP contribution in [0.5, 0.6) is 0 Å². The van der Waals surface area contributed by atoms with Crippen LogP contribution in [0.25, 0.3) is 22.8 Å². The van der Waals surface area contributed by atoms with Crippen molar-refractivity contribution in [3.63, 3.8) is 0 Å². The lowest BCUT2D eigenvalue weighted by Crippen LogP contribution is -1.83. The van der Waals surface area contributed by atoms with Gasteiger partial charge in [-0.1, -0.05) is 29.8 Å². The minimum absolute atomic E-state index is 0.623. The van der Waals surface area contributed by atoms with Crippen molar-refractivity contribution in [1.82, 2.24) is 4.98 Å². The molecular formula is C16H14N2O. The molecule has 0 unspecified atom stereocenters. The van der Waals surface area contributed by atoms with Gasteiger partial charge in [-0.05, 0) is 31.2 Å². The Balaban J connectivity index is 1.97. The molecule has 0 spiro atoms. The molecule has 0 aliphatic heterocycles. The van der Waals surface area contributed by atoms with E-state index in [1.807, 2.05) is 48.5 Å². The number of rotatable bonds is 2. The summed E-state index contributed by atoms with van der Waals surface area (Å²) in [5.41, 5.74) is 9.61. The van der Waals surface area contributed by atoms with Gasteiger partial charge in [0.05, 0.1) is 6.20 Å². The molecule has 1 heterocycles. The predicted octanol–water partition coefficient (Wildman–Crippen LogP) is 3.90. The van der Waals surface area contributed by atoms with E-state index in [1.165, 1.54) is 5.56 Å². The van der Waals surface area contributed by atoms with Crippen LogP contribution < -0.4 is 5.73 Å². The zero-order chi connectivity index (χ0) is 13.2. The van der Waals surface area contributed by atoms with Crippen LogP contribution >= 0.6 is 0 Å². The summed E-state index contributed by atoms with van der Waals surface area (Å²) in [6.07, 6.45) is 1.73. The average Bonchev–Trinajstić information content (AvgIpc) is 2.89. The third kappa shape index (κ3) is 2.36. The van der Waals surface area contributed by atoms with Crippen LogP contribution in [-0.4, -0.2) is 4.98 Å². The molecule has 3 aromatic rings. The van der Waals surface area contributed by atoms with Crippen molar-refractivity contribution in [2.75, 3.05) is 5.73 Å². The van der Waals surface area contributed by atoms with Crippen molar-refractivity contribution < 1.29 is 4.42 Å². The molecule has 0 radical (unpaired) electrons. The Morgan fingerprint density at radius 3 is 2.53 bits per heavy atom. The van der Waals surface area contributed by atoms with Gasteiger partial charge in [0, 0.05) is 16.8 Å². The Bertz CT molecular complexity index is 699. The van der Waals surface area contributed by atoms with E-state index in [-0.39, 0.29) is 0 Å². The van der Waals surface area contributed by atoms with Crippen LogP contribution in [0.3, 0.4) is 0 Å². The highest BCUT2D eigenvalue weighted by atomic mass is 16.4. The number of oxazole rings is 1. The summed E-state index contributed by atoms with van der Waals surface area (Å²) >= 11 is 0. The number of aryl methyl sites for hydroxylation is 1. The van der Waals surface area contributed by atoms with E-state index in [2.05, 4.69) is 11.9 Å². The smallest absolute Gasteiger partial charge is 0.226 e. The van der Waals surface area contributed by atoms with E-state index in [1.54, 1.807) is 6.20 Å². The molecule has 1 aromatic heterocycles. The predicted molar refractivity (Wildman–Crippen MR) is 76.5 cm³/mol. The number of nitrogens with zero attached hydrogens (tertiary/aromatic N) is 1. The Morgan fingerprint density at radius 2 is 1.79 bits per heavy atom. The van der Waals surface area contributed by atoms with E-state index in [0.717, 1.165) is 16.9 Å². The molecule has 19 heavy (non-hydrogen) atoms. The van der Waals surface area contributed by atoms with Crippen molar-refractivity contribution in [3.8, 4) is 22.8 Å². The van der Waals surface area contributed by atoms with Crippen LogP contribution in [0, 0.1) is 6.92 Å². The summed E-state index contributed by atoms with van der Waals surface area (Å²) in [6, 6.07) is 15.7. The average molecular weight is 250 g/mol. The van der Waals surface area contributed by atoms with Crippen LogP contribution in [0.2, 0.25) is 0 Å². The van der Waals surface area contributed by atoms with Gasteiger partial charge >= 0.3 is 0 Å². The van der Waals surface area contributed by atoms with Crippen LogP contribution in [0.15, 0.2) is 59.1 Å². The van der Waals surface area contributed by atoms with Crippen LogP contribution in [0.1, 0.15) is 5.56 Å². The van der Waals surface area contributed by atoms with Gasteiger partial charge in [0.15, 0.2) is 5.76 Å². The van der Waals surface area contributed by atoms with Gasteiger partial charge in [-0.15, -0.1) is 0 Å². The molecule has 0 atom stereocenters. The normalized spacial score (nSPS) is 10.6. The first-order valence-electron chi connectivity index (χ1n) is 6.11. The topological polar surface area (TPSA) is 52.0 Å². The van der Waals surface area contributed by atoms with Crippen LogP contribution in [-0.2, 0) is 0 Å². The number of aromatic nitrogens is 1. The first kappa shape index (κ1) is 11.5. The van der Waals surface area contributed by atoms with Gasteiger partial charge < -0.3 is 10.2 Å². The molecule has 0 saturated heterocycles. The highest BCUT2D eigenvalue weighted by molar-refractivity contribution is 5.64.